The molecule has 0 aliphatic heterocycles. The van der Waals surface area contributed by atoms with Crippen LogP contribution in [0.4, 0.5) is 5.69 Å². The third-order valence-electron chi connectivity index (χ3n) is 4.42. The maximum Gasteiger partial charge on any atom is 0.331 e. The fourth-order valence-electron chi connectivity index (χ4n) is 2.23. The number of nitrogens with one attached hydrogen (secondary N) is 1. The Morgan fingerprint density at radius 2 is 2.25 bits per heavy atom. The maximum absolute atomic E-state index is 12.1. The number of aliphatic carboxylic acids is 1. The van der Waals surface area contributed by atoms with Crippen molar-refractivity contribution in [2.24, 2.45) is 11.3 Å². The second-order valence-electron chi connectivity index (χ2n) is 6.29. The van der Waals surface area contributed by atoms with Gasteiger partial charge in [0.25, 0.3) is 0 Å². The molecule has 1 saturated carbocycles. The van der Waals surface area contributed by atoms with Crippen molar-refractivity contribution in [1.29, 1.82) is 0 Å². The minimum Gasteiger partial charge on any atom is -0.479 e. The van der Waals surface area contributed by atoms with Gasteiger partial charge >= 0.3 is 5.97 Å². The first kappa shape index (κ1) is 14.6. The number of carbonyl (C=O) groups is 2. The lowest BCUT2D eigenvalue weighted by molar-refractivity contribution is -0.146. The van der Waals surface area contributed by atoms with Gasteiger partial charge in [-0.3, -0.25) is 9.48 Å². The molecule has 2 rings (SSSR count). The van der Waals surface area contributed by atoms with Crippen molar-refractivity contribution in [1.82, 2.24) is 9.78 Å². The molecule has 6 nitrogen and oxygen atoms in total. The van der Waals surface area contributed by atoms with E-state index in [1.807, 2.05) is 0 Å². The zero-order chi connectivity index (χ0) is 15.1. The quantitative estimate of drug-likeness (QED) is 0.864. The summed E-state index contributed by atoms with van der Waals surface area (Å²) in [5.74, 6) is -0.940. The molecule has 20 heavy (non-hydrogen) atoms. The summed E-state index contributed by atoms with van der Waals surface area (Å²) in [6, 6.07) is 0. The zero-order valence-corrected chi connectivity index (χ0v) is 12.3. The summed E-state index contributed by atoms with van der Waals surface area (Å²) in [6.45, 7) is 7.31. The van der Waals surface area contributed by atoms with Crippen LogP contribution in [0, 0.1) is 11.3 Å². The van der Waals surface area contributed by atoms with Crippen molar-refractivity contribution < 1.29 is 14.7 Å². The van der Waals surface area contributed by atoms with E-state index in [0.29, 0.717) is 5.69 Å². The molecule has 0 radical (unpaired) electrons. The highest BCUT2D eigenvalue weighted by Crippen LogP contribution is 2.55. The Balaban J connectivity index is 2.04. The first-order valence-corrected chi connectivity index (χ1v) is 6.80. The van der Waals surface area contributed by atoms with E-state index in [4.69, 9.17) is 5.11 Å². The predicted octanol–water partition coefficient (Wildman–Crippen LogP) is 2.08. The molecule has 0 aromatic carbocycles. The summed E-state index contributed by atoms with van der Waals surface area (Å²) in [4.78, 5) is 23.2. The lowest BCUT2D eigenvalue weighted by Crippen LogP contribution is -2.35. The summed E-state index contributed by atoms with van der Waals surface area (Å²) in [5, 5.41) is 16.0. The summed E-state index contributed by atoms with van der Waals surface area (Å²) in [5.41, 5.74) is -0.490. The molecule has 0 saturated heterocycles. The van der Waals surface area contributed by atoms with Gasteiger partial charge in [-0.15, -0.1) is 0 Å². The largest absolute Gasteiger partial charge is 0.479 e. The highest BCUT2D eigenvalue weighted by atomic mass is 16.4. The minimum absolute atomic E-state index is 0.0120. The van der Waals surface area contributed by atoms with Crippen molar-refractivity contribution in [3.63, 3.8) is 0 Å². The number of carboxylic acids is 1. The molecule has 2 unspecified atom stereocenters. The number of carbonyl (C=O) groups excluding carboxylic acids is 1. The average molecular weight is 279 g/mol. The number of amides is 1. The number of hydrogen-bond donors (Lipinski definition) is 2. The molecule has 6 heteroatoms. The van der Waals surface area contributed by atoms with E-state index in [2.05, 4.69) is 24.3 Å². The molecule has 1 fully saturated rings. The van der Waals surface area contributed by atoms with Crippen molar-refractivity contribution in [3.8, 4) is 0 Å². The zero-order valence-electron chi connectivity index (χ0n) is 12.3. The molecule has 1 amide bonds. The van der Waals surface area contributed by atoms with E-state index >= 15 is 0 Å². The molecule has 1 aromatic rings. The molecule has 2 N–H and O–H groups in total. The lowest BCUT2D eigenvalue weighted by atomic mass is 10.0. The smallest absolute Gasteiger partial charge is 0.331 e. The predicted molar refractivity (Wildman–Crippen MR) is 74.3 cm³/mol. The molecule has 2 atom stereocenters. The van der Waals surface area contributed by atoms with Gasteiger partial charge in [0.05, 0.1) is 11.9 Å². The SMILES string of the molecule is CCC1(C)CC1C(=O)Nc1cnn(C(C)(C)C(=O)O)c1. The van der Waals surface area contributed by atoms with Crippen LogP contribution in [-0.4, -0.2) is 26.8 Å². The van der Waals surface area contributed by atoms with Crippen LogP contribution in [0.1, 0.15) is 40.5 Å². The first-order valence-electron chi connectivity index (χ1n) is 6.80. The molecule has 0 bridgehead atoms. The summed E-state index contributed by atoms with van der Waals surface area (Å²) in [7, 11) is 0. The van der Waals surface area contributed by atoms with Crippen LogP contribution in [0.15, 0.2) is 12.4 Å². The van der Waals surface area contributed by atoms with Crippen LogP contribution < -0.4 is 5.32 Å². The van der Waals surface area contributed by atoms with Gasteiger partial charge in [-0.05, 0) is 32.1 Å². The van der Waals surface area contributed by atoms with Crippen LogP contribution in [0.2, 0.25) is 0 Å². The van der Waals surface area contributed by atoms with Gasteiger partial charge in [-0.2, -0.15) is 5.10 Å². The number of anilines is 1. The van der Waals surface area contributed by atoms with Gasteiger partial charge in [0.2, 0.25) is 5.91 Å². The minimum atomic E-state index is -1.14. The Labute approximate surface area is 118 Å². The van der Waals surface area contributed by atoms with Crippen molar-refractivity contribution in [2.45, 2.75) is 46.1 Å². The van der Waals surface area contributed by atoms with Crippen LogP contribution in [-0.2, 0) is 15.1 Å². The van der Waals surface area contributed by atoms with E-state index in [1.165, 1.54) is 10.9 Å². The van der Waals surface area contributed by atoms with Crippen molar-refractivity contribution >= 4 is 17.6 Å². The van der Waals surface area contributed by atoms with Gasteiger partial charge in [0, 0.05) is 12.1 Å². The van der Waals surface area contributed by atoms with Gasteiger partial charge in [-0.1, -0.05) is 13.8 Å². The number of rotatable bonds is 5. The number of carboxylic acid groups (broad SMARTS) is 1. The van der Waals surface area contributed by atoms with Crippen molar-refractivity contribution in [2.75, 3.05) is 5.32 Å². The fraction of sp³-hybridized carbons (Fsp3) is 0.643. The molecular weight excluding hydrogens is 258 g/mol. The van der Waals surface area contributed by atoms with E-state index in [0.717, 1.165) is 12.8 Å². The van der Waals surface area contributed by atoms with Crippen LogP contribution >= 0.6 is 0 Å². The molecule has 1 aromatic heterocycles. The Morgan fingerprint density at radius 1 is 1.60 bits per heavy atom. The molecule has 1 aliphatic rings. The second-order valence-corrected chi connectivity index (χ2v) is 6.29. The third kappa shape index (κ3) is 2.42. The average Bonchev–Trinajstić information content (AvgIpc) is 2.84. The molecule has 1 heterocycles. The van der Waals surface area contributed by atoms with E-state index in [1.54, 1.807) is 20.0 Å². The summed E-state index contributed by atoms with van der Waals surface area (Å²) >= 11 is 0. The Hall–Kier alpha value is -1.85. The van der Waals surface area contributed by atoms with E-state index < -0.39 is 11.5 Å². The molecular formula is C14H21N3O3. The Morgan fingerprint density at radius 3 is 2.75 bits per heavy atom. The van der Waals surface area contributed by atoms with Crippen LogP contribution in [0.25, 0.3) is 0 Å². The highest BCUT2D eigenvalue weighted by molar-refractivity contribution is 5.94. The number of aromatic nitrogens is 2. The van der Waals surface area contributed by atoms with Crippen LogP contribution in [0.5, 0.6) is 0 Å². The molecule has 110 valence electrons. The van der Waals surface area contributed by atoms with Gasteiger partial charge < -0.3 is 10.4 Å². The fourth-order valence-corrected chi connectivity index (χ4v) is 2.23. The van der Waals surface area contributed by atoms with E-state index in [-0.39, 0.29) is 17.2 Å². The standard InChI is InChI=1S/C14H21N3O3/c1-5-14(4)6-10(14)11(18)16-9-7-15-17(8-9)13(2,3)12(19)20/h7-8,10H,5-6H2,1-4H3,(H,16,18)(H,19,20). The van der Waals surface area contributed by atoms with Gasteiger partial charge in [-0.25, -0.2) is 4.79 Å². The maximum atomic E-state index is 12.1. The lowest BCUT2D eigenvalue weighted by Gasteiger charge is -2.19. The Bertz CT molecular complexity index is 550. The van der Waals surface area contributed by atoms with E-state index in [9.17, 15) is 9.59 Å². The number of hydrogen-bond acceptors (Lipinski definition) is 3. The monoisotopic (exact) mass is 279 g/mol. The number of nitrogens with zero attached hydrogens (tertiary/aromatic N) is 2. The van der Waals surface area contributed by atoms with Gasteiger partial charge in [0.15, 0.2) is 5.54 Å². The van der Waals surface area contributed by atoms with Crippen molar-refractivity contribution in [3.05, 3.63) is 12.4 Å². The normalized spacial score (nSPS) is 25.3. The highest BCUT2D eigenvalue weighted by Gasteiger charge is 2.52. The van der Waals surface area contributed by atoms with Gasteiger partial charge in [0.1, 0.15) is 0 Å². The summed E-state index contributed by atoms with van der Waals surface area (Å²) in [6.07, 6.45) is 4.92. The first-order chi connectivity index (χ1) is 9.20. The molecule has 0 spiro atoms. The molecule has 1 aliphatic carbocycles. The third-order valence-corrected chi connectivity index (χ3v) is 4.42. The Kier molecular flexibility index (Phi) is 3.36. The van der Waals surface area contributed by atoms with Crippen LogP contribution in [0.3, 0.4) is 0 Å². The summed E-state index contributed by atoms with van der Waals surface area (Å²) < 4.78 is 1.34. The second kappa shape index (κ2) is 4.61. The topological polar surface area (TPSA) is 84.2 Å².